The van der Waals surface area contributed by atoms with Gasteiger partial charge in [-0.05, 0) is 25.7 Å². The Morgan fingerprint density at radius 1 is 1.47 bits per heavy atom. The molecular formula is C14H24N4O. The molecule has 0 radical (unpaired) electrons. The molecule has 2 rings (SSSR count). The first-order valence-electron chi connectivity index (χ1n) is 7.12. The summed E-state index contributed by atoms with van der Waals surface area (Å²) in [6.45, 7) is 2.09. The molecule has 3 N–H and O–H groups in total. The van der Waals surface area contributed by atoms with Crippen LogP contribution in [-0.4, -0.2) is 21.7 Å². The summed E-state index contributed by atoms with van der Waals surface area (Å²) in [6, 6.07) is -0.421. The van der Waals surface area contributed by atoms with Crippen molar-refractivity contribution in [3.63, 3.8) is 0 Å². The van der Waals surface area contributed by atoms with Gasteiger partial charge in [-0.15, -0.1) is 0 Å². The molecule has 1 amide bonds. The molecule has 0 aromatic carbocycles. The molecule has 1 aliphatic carbocycles. The van der Waals surface area contributed by atoms with Gasteiger partial charge in [-0.3, -0.25) is 9.48 Å². The molecule has 1 saturated carbocycles. The van der Waals surface area contributed by atoms with Crippen molar-refractivity contribution >= 4 is 5.91 Å². The molecule has 1 unspecified atom stereocenters. The average Bonchev–Trinajstić information content (AvgIpc) is 2.85. The summed E-state index contributed by atoms with van der Waals surface area (Å²) in [5, 5.41) is 7.10. The predicted molar refractivity (Wildman–Crippen MR) is 74.3 cm³/mol. The zero-order chi connectivity index (χ0) is 13.8. The second kappa shape index (κ2) is 6.19. The fourth-order valence-electron chi connectivity index (χ4n) is 2.82. The van der Waals surface area contributed by atoms with E-state index in [2.05, 4.69) is 17.3 Å². The lowest BCUT2D eigenvalue weighted by Gasteiger charge is -2.29. The van der Waals surface area contributed by atoms with E-state index in [9.17, 15) is 4.79 Å². The van der Waals surface area contributed by atoms with E-state index in [1.807, 2.05) is 7.05 Å². The average molecular weight is 264 g/mol. The van der Waals surface area contributed by atoms with Crippen LogP contribution < -0.4 is 11.1 Å². The Morgan fingerprint density at radius 2 is 2.16 bits per heavy atom. The summed E-state index contributed by atoms with van der Waals surface area (Å²) in [4.78, 5) is 12.1. The van der Waals surface area contributed by atoms with Gasteiger partial charge in [0, 0.05) is 24.8 Å². The molecule has 106 valence electrons. The number of rotatable bonds is 4. The maximum Gasteiger partial charge on any atom is 0.241 e. The second-order valence-electron chi connectivity index (χ2n) is 5.62. The van der Waals surface area contributed by atoms with Crippen LogP contribution in [0.3, 0.4) is 0 Å². The minimum absolute atomic E-state index is 0.105. The summed E-state index contributed by atoms with van der Waals surface area (Å²) >= 11 is 0. The fraction of sp³-hybridized carbons (Fsp3) is 0.714. The predicted octanol–water partition coefficient (Wildman–Crippen LogP) is 1.50. The molecule has 2 atom stereocenters. The van der Waals surface area contributed by atoms with Crippen LogP contribution in [-0.2, 0) is 11.8 Å². The van der Waals surface area contributed by atoms with Gasteiger partial charge < -0.3 is 11.1 Å². The minimum Gasteiger partial charge on any atom is -0.352 e. The van der Waals surface area contributed by atoms with Gasteiger partial charge in [0.25, 0.3) is 0 Å². The number of carbonyl (C=O) groups excluding carboxylic acids is 1. The number of hydrogen-bond donors (Lipinski definition) is 2. The number of aryl methyl sites for hydroxylation is 1. The molecule has 0 saturated heterocycles. The van der Waals surface area contributed by atoms with Crippen LogP contribution >= 0.6 is 0 Å². The summed E-state index contributed by atoms with van der Waals surface area (Å²) in [5.74, 6) is 0.491. The highest BCUT2D eigenvalue weighted by Crippen LogP contribution is 2.26. The second-order valence-corrected chi connectivity index (χ2v) is 5.62. The first kappa shape index (κ1) is 14.1. The SMILES string of the molecule is C[C@H](NC(=O)C(N)c1cnn(C)c1)C1CCCCC1. The van der Waals surface area contributed by atoms with E-state index < -0.39 is 6.04 Å². The first-order valence-corrected chi connectivity index (χ1v) is 7.12. The molecule has 0 spiro atoms. The summed E-state index contributed by atoms with van der Waals surface area (Å²) in [7, 11) is 1.82. The van der Waals surface area contributed by atoms with Crippen LogP contribution in [0.25, 0.3) is 0 Å². The van der Waals surface area contributed by atoms with Gasteiger partial charge in [-0.2, -0.15) is 5.10 Å². The number of amides is 1. The minimum atomic E-state index is -0.625. The number of nitrogens with two attached hydrogens (primary N) is 1. The van der Waals surface area contributed by atoms with Crippen LogP contribution in [0.15, 0.2) is 12.4 Å². The number of nitrogens with zero attached hydrogens (tertiary/aromatic N) is 2. The molecule has 5 heteroatoms. The molecule has 1 aromatic heterocycles. The van der Waals surface area contributed by atoms with Crippen molar-refractivity contribution in [2.24, 2.45) is 18.7 Å². The fourth-order valence-corrected chi connectivity index (χ4v) is 2.82. The van der Waals surface area contributed by atoms with Crippen molar-refractivity contribution in [1.29, 1.82) is 0 Å². The lowest BCUT2D eigenvalue weighted by molar-refractivity contribution is -0.123. The van der Waals surface area contributed by atoms with Crippen molar-refractivity contribution < 1.29 is 4.79 Å². The number of hydrogen-bond acceptors (Lipinski definition) is 3. The van der Waals surface area contributed by atoms with Gasteiger partial charge in [0.1, 0.15) is 6.04 Å². The molecule has 1 heterocycles. The van der Waals surface area contributed by atoms with E-state index in [1.165, 1.54) is 32.1 Å². The van der Waals surface area contributed by atoms with Crippen LogP contribution in [0.5, 0.6) is 0 Å². The third-order valence-corrected chi connectivity index (χ3v) is 4.09. The normalized spacial score (nSPS) is 19.9. The summed E-state index contributed by atoms with van der Waals surface area (Å²) in [5.41, 5.74) is 6.72. The number of carbonyl (C=O) groups is 1. The van der Waals surface area contributed by atoms with Crippen molar-refractivity contribution in [2.75, 3.05) is 0 Å². The van der Waals surface area contributed by atoms with Crippen LogP contribution in [0, 0.1) is 5.92 Å². The monoisotopic (exact) mass is 264 g/mol. The maximum atomic E-state index is 12.1. The number of nitrogens with one attached hydrogen (secondary N) is 1. The van der Waals surface area contributed by atoms with E-state index in [0.717, 1.165) is 5.56 Å². The number of aromatic nitrogens is 2. The highest BCUT2D eigenvalue weighted by Gasteiger charge is 2.24. The van der Waals surface area contributed by atoms with Gasteiger partial charge in [0.2, 0.25) is 5.91 Å². The van der Waals surface area contributed by atoms with Crippen molar-refractivity contribution in [1.82, 2.24) is 15.1 Å². The van der Waals surface area contributed by atoms with Crippen molar-refractivity contribution in [3.05, 3.63) is 18.0 Å². The van der Waals surface area contributed by atoms with E-state index in [0.29, 0.717) is 5.92 Å². The summed E-state index contributed by atoms with van der Waals surface area (Å²) < 4.78 is 1.66. The maximum absolute atomic E-state index is 12.1. The zero-order valence-corrected chi connectivity index (χ0v) is 11.8. The molecule has 19 heavy (non-hydrogen) atoms. The highest BCUT2D eigenvalue weighted by atomic mass is 16.2. The van der Waals surface area contributed by atoms with E-state index in [4.69, 9.17) is 5.73 Å². The standard InChI is InChI=1S/C14H24N4O/c1-10(11-6-4-3-5-7-11)17-14(19)13(15)12-8-16-18(2)9-12/h8-11,13H,3-7,15H2,1-2H3,(H,17,19)/t10-,13?/m0/s1. The Kier molecular flexibility index (Phi) is 4.58. The first-order chi connectivity index (χ1) is 9.08. The molecular weight excluding hydrogens is 240 g/mol. The Labute approximate surface area is 114 Å². The largest absolute Gasteiger partial charge is 0.352 e. The summed E-state index contributed by atoms with van der Waals surface area (Å²) in [6.07, 6.45) is 9.74. The van der Waals surface area contributed by atoms with Gasteiger partial charge in [-0.25, -0.2) is 0 Å². The zero-order valence-electron chi connectivity index (χ0n) is 11.8. The van der Waals surface area contributed by atoms with Crippen molar-refractivity contribution in [3.8, 4) is 0 Å². The lowest BCUT2D eigenvalue weighted by Crippen LogP contribution is -2.43. The molecule has 1 aromatic rings. The van der Waals surface area contributed by atoms with Crippen LogP contribution in [0.4, 0.5) is 0 Å². The van der Waals surface area contributed by atoms with Crippen molar-refractivity contribution in [2.45, 2.75) is 51.1 Å². The van der Waals surface area contributed by atoms with E-state index in [1.54, 1.807) is 17.1 Å². The van der Waals surface area contributed by atoms with Gasteiger partial charge in [0.15, 0.2) is 0 Å². The Morgan fingerprint density at radius 3 is 2.74 bits per heavy atom. The quantitative estimate of drug-likeness (QED) is 0.865. The lowest BCUT2D eigenvalue weighted by atomic mass is 9.84. The van der Waals surface area contributed by atoms with Gasteiger partial charge in [-0.1, -0.05) is 19.3 Å². The third-order valence-electron chi connectivity index (χ3n) is 4.09. The molecule has 1 fully saturated rings. The highest BCUT2D eigenvalue weighted by molar-refractivity contribution is 5.83. The van der Waals surface area contributed by atoms with Crippen LogP contribution in [0.2, 0.25) is 0 Å². The van der Waals surface area contributed by atoms with Gasteiger partial charge >= 0.3 is 0 Å². The van der Waals surface area contributed by atoms with Crippen LogP contribution in [0.1, 0.15) is 50.6 Å². The Hall–Kier alpha value is -1.36. The molecule has 0 aliphatic heterocycles. The van der Waals surface area contributed by atoms with E-state index in [-0.39, 0.29) is 11.9 Å². The van der Waals surface area contributed by atoms with E-state index >= 15 is 0 Å². The van der Waals surface area contributed by atoms with Gasteiger partial charge in [0.05, 0.1) is 6.20 Å². The topological polar surface area (TPSA) is 72.9 Å². The Balaban J connectivity index is 1.89. The molecule has 0 bridgehead atoms. The smallest absolute Gasteiger partial charge is 0.241 e. The third kappa shape index (κ3) is 3.56. The molecule has 5 nitrogen and oxygen atoms in total. The Bertz CT molecular complexity index is 423. The molecule has 1 aliphatic rings.